The average Bonchev–Trinajstić information content (AvgIpc) is 2.73. The zero-order chi connectivity index (χ0) is 19.8. The fourth-order valence-corrected chi connectivity index (χ4v) is 2.61. The first-order valence-electron chi connectivity index (χ1n) is 8.97. The monoisotopic (exact) mass is 375 g/mol. The highest BCUT2D eigenvalue weighted by Crippen LogP contribution is 2.15. The Labute approximate surface area is 163 Å². The van der Waals surface area contributed by atoms with Crippen molar-refractivity contribution in [3.8, 4) is 5.75 Å². The lowest BCUT2D eigenvalue weighted by Gasteiger charge is -2.09. The summed E-state index contributed by atoms with van der Waals surface area (Å²) in [6.07, 6.45) is 3.14. The van der Waals surface area contributed by atoms with Crippen LogP contribution in [0.2, 0.25) is 0 Å². The lowest BCUT2D eigenvalue weighted by atomic mass is 10.1. The number of pyridine rings is 1. The Morgan fingerprint density at radius 2 is 1.79 bits per heavy atom. The van der Waals surface area contributed by atoms with Crippen molar-refractivity contribution >= 4 is 17.5 Å². The van der Waals surface area contributed by atoms with Gasteiger partial charge in [0, 0.05) is 30.2 Å². The molecule has 28 heavy (non-hydrogen) atoms. The summed E-state index contributed by atoms with van der Waals surface area (Å²) in [6, 6.07) is 17.7. The summed E-state index contributed by atoms with van der Waals surface area (Å²) in [4.78, 5) is 28.5. The van der Waals surface area contributed by atoms with E-state index in [9.17, 15) is 9.59 Å². The number of aromatic nitrogens is 1. The molecule has 1 heterocycles. The maximum Gasteiger partial charge on any atom is 0.255 e. The maximum atomic E-state index is 12.4. The van der Waals surface area contributed by atoms with Crippen molar-refractivity contribution < 1.29 is 14.3 Å². The second-order valence-corrected chi connectivity index (χ2v) is 6.04. The molecule has 0 saturated carbocycles. The normalized spacial score (nSPS) is 10.2. The largest absolute Gasteiger partial charge is 0.494 e. The molecule has 2 aromatic carbocycles. The number of nitrogens with one attached hydrogen (secondary N) is 2. The number of carbonyl (C=O) groups excluding carboxylic acids is 2. The molecule has 0 aliphatic rings. The number of nitrogens with zero attached hydrogens (tertiary/aromatic N) is 1. The number of benzene rings is 2. The van der Waals surface area contributed by atoms with Gasteiger partial charge in [-0.2, -0.15) is 0 Å². The van der Waals surface area contributed by atoms with Gasteiger partial charge in [0.15, 0.2) is 0 Å². The first-order chi connectivity index (χ1) is 13.7. The number of carbonyl (C=O) groups is 2. The molecule has 0 spiro atoms. The van der Waals surface area contributed by atoms with Gasteiger partial charge in [0.25, 0.3) is 11.8 Å². The zero-order valence-corrected chi connectivity index (χ0v) is 15.5. The first kappa shape index (κ1) is 19.1. The lowest BCUT2D eigenvalue weighted by Crippen LogP contribution is -2.23. The van der Waals surface area contributed by atoms with Gasteiger partial charge in [0.2, 0.25) is 0 Å². The van der Waals surface area contributed by atoms with E-state index in [-0.39, 0.29) is 11.8 Å². The Hall–Kier alpha value is -3.67. The molecule has 6 nitrogen and oxygen atoms in total. The van der Waals surface area contributed by atoms with Crippen LogP contribution < -0.4 is 15.4 Å². The Morgan fingerprint density at radius 1 is 0.964 bits per heavy atom. The van der Waals surface area contributed by atoms with E-state index >= 15 is 0 Å². The first-order valence-corrected chi connectivity index (χ1v) is 8.97. The van der Waals surface area contributed by atoms with E-state index in [1.807, 2.05) is 25.1 Å². The molecule has 3 rings (SSSR count). The smallest absolute Gasteiger partial charge is 0.255 e. The SMILES string of the molecule is CCOc1ccc(C(=O)Nc2cccc(CNC(=O)c3cccnc3)c2)cc1. The quantitative estimate of drug-likeness (QED) is 0.660. The number of ether oxygens (including phenoxy) is 1. The van der Waals surface area contributed by atoms with Crippen LogP contribution in [0.25, 0.3) is 0 Å². The van der Waals surface area contributed by atoms with Gasteiger partial charge in [0.05, 0.1) is 12.2 Å². The van der Waals surface area contributed by atoms with Crippen LogP contribution in [0.4, 0.5) is 5.69 Å². The van der Waals surface area contributed by atoms with Gasteiger partial charge in [-0.1, -0.05) is 12.1 Å². The van der Waals surface area contributed by atoms with Gasteiger partial charge < -0.3 is 15.4 Å². The number of rotatable bonds is 7. The number of amides is 2. The van der Waals surface area contributed by atoms with Crippen molar-refractivity contribution in [2.75, 3.05) is 11.9 Å². The highest BCUT2D eigenvalue weighted by Gasteiger charge is 2.08. The average molecular weight is 375 g/mol. The highest BCUT2D eigenvalue weighted by molar-refractivity contribution is 6.04. The van der Waals surface area contributed by atoms with Crippen LogP contribution in [0.3, 0.4) is 0 Å². The van der Waals surface area contributed by atoms with E-state index in [0.29, 0.717) is 30.0 Å². The number of hydrogen-bond acceptors (Lipinski definition) is 4. The fraction of sp³-hybridized carbons (Fsp3) is 0.136. The van der Waals surface area contributed by atoms with E-state index in [0.717, 1.165) is 11.3 Å². The maximum absolute atomic E-state index is 12.4. The van der Waals surface area contributed by atoms with E-state index in [4.69, 9.17) is 4.74 Å². The van der Waals surface area contributed by atoms with Crippen molar-refractivity contribution in [3.63, 3.8) is 0 Å². The Kier molecular flexibility index (Phi) is 6.36. The molecular weight excluding hydrogens is 354 g/mol. The zero-order valence-electron chi connectivity index (χ0n) is 15.5. The number of hydrogen-bond donors (Lipinski definition) is 2. The molecule has 0 aliphatic heterocycles. The van der Waals surface area contributed by atoms with E-state index < -0.39 is 0 Å². The third kappa shape index (κ3) is 5.17. The Balaban J connectivity index is 1.59. The van der Waals surface area contributed by atoms with Crippen LogP contribution in [0.15, 0.2) is 73.1 Å². The van der Waals surface area contributed by atoms with E-state index in [1.54, 1.807) is 48.7 Å². The molecular formula is C22H21N3O3. The van der Waals surface area contributed by atoms with Crippen LogP contribution in [-0.4, -0.2) is 23.4 Å². The van der Waals surface area contributed by atoms with Crippen LogP contribution in [0, 0.1) is 0 Å². The predicted molar refractivity (Wildman–Crippen MR) is 107 cm³/mol. The highest BCUT2D eigenvalue weighted by atomic mass is 16.5. The fourth-order valence-electron chi connectivity index (χ4n) is 2.61. The second-order valence-electron chi connectivity index (χ2n) is 6.04. The lowest BCUT2D eigenvalue weighted by molar-refractivity contribution is 0.0949. The molecule has 0 unspecified atom stereocenters. The van der Waals surface area contributed by atoms with Gasteiger partial charge in [-0.25, -0.2) is 0 Å². The third-order valence-corrected chi connectivity index (χ3v) is 3.99. The van der Waals surface area contributed by atoms with Crippen molar-refractivity contribution in [3.05, 3.63) is 89.7 Å². The Morgan fingerprint density at radius 3 is 2.50 bits per heavy atom. The molecule has 142 valence electrons. The molecule has 0 aliphatic carbocycles. The van der Waals surface area contributed by atoms with Crippen molar-refractivity contribution in [2.45, 2.75) is 13.5 Å². The molecule has 6 heteroatoms. The van der Waals surface area contributed by atoms with Crippen LogP contribution in [-0.2, 0) is 6.54 Å². The van der Waals surface area contributed by atoms with Gasteiger partial charge in [-0.15, -0.1) is 0 Å². The minimum absolute atomic E-state index is 0.197. The van der Waals surface area contributed by atoms with Crippen LogP contribution >= 0.6 is 0 Å². The van der Waals surface area contributed by atoms with Gasteiger partial charge in [0.1, 0.15) is 5.75 Å². The molecule has 2 amide bonds. The summed E-state index contributed by atoms with van der Waals surface area (Å²) in [6.45, 7) is 2.84. The van der Waals surface area contributed by atoms with Crippen molar-refractivity contribution in [1.82, 2.24) is 10.3 Å². The molecule has 0 saturated heterocycles. The topological polar surface area (TPSA) is 80.3 Å². The summed E-state index contributed by atoms with van der Waals surface area (Å²) in [5.74, 6) is 0.321. The van der Waals surface area contributed by atoms with E-state index in [2.05, 4.69) is 15.6 Å². The molecule has 1 aromatic heterocycles. The molecule has 0 atom stereocenters. The minimum Gasteiger partial charge on any atom is -0.494 e. The van der Waals surface area contributed by atoms with Gasteiger partial charge in [-0.3, -0.25) is 14.6 Å². The summed E-state index contributed by atoms with van der Waals surface area (Å²) < 4.78 is 5.38. The number of anilines is 1. The van der Waals surface area contributed by atoms with Gasteiger partial charge in [-0.05, 0) is 61.0 Å². The molecule has 3 aromatic rings. The second kappa shape index (κ2) is 9.32. The summed E-state index contributed by atoms with van der Waals surface area (Å²) in [7, 11) is 0. The molecule has 0 radical (unpaired) electrons. The predicted octanol–water partition coefficient (Wildman–Crippen LogP) is 3.66. The minimum atomic E-state index is -0.209. The molecule has 2 N–H and O–H groups in total. The molecule has 0 bridgehead atoms. The van der Waals surface area contributed by atoms with Crippen LogP contribution in [0.1, 0.15) is 33.2 Å². The van der Waals surface area contributed by atoms with Gasteiger partial charge >= 0.3 is 0 Å². The summed E-state index contributed by atoms with van der Waals surface area (Å²) in [5.41, 5.74) is 2.58. The Bertz CT molecular complexity index is 941. The van der Waals surface area contributed by atoms with Crippen LogP contribution in [0.5, 0.6) is 5.75 Å². The van der Waals surface area contributed by atoms with Crippen molar-refractivity contribution in [1.29, 1.82) is 0 Å². The standard InChI is InChI=1S/C22H21N3O3/c1-2-28-20-10-8-17(9-11-20)22(27)25-19-7-3-5-16(13-19)14-24-21(26)18-6-4-12-23-15-18/h3-13,15H,2,14H2,1H3,(H,24,26)(H,25,27). The third-order valence-electron chi connectivity index (χ3n) is 3.99. The molecule has 0 fully saturated rings. The summed E-state index contributed by atoms with van der Waals surface area (Å²) >= 11 is 0. The summed E-state index contributed by atoms with van der Waals surface area (Å²) in [5, 5.41) is 5.71. The van der Waals surface area contributed by atoms with E-state index in [1.165, 1.54) is 6.20 Å². The van der Waals surface area contributed by atoms with Crippen molar-refractivity contribution in [2.24, 2.45) is 0 Å².